The van der Waals surface area contributed by atoms with Crippen molar-refractivity contribution in [2.75, 3.05) is 6.54 Å². The Morgan fingerprint density at radius 1 is 1.55 bits per heavy atom. The standard InChI is InChI=1S/C7H13F2NO/c1-5(2)4-10-6(11)7(3,8)9/h5H,4H2,1-3H3,(H,10,11). The number of carbonyl (C=O) groups excluding carboxylic acids is 1. The molecular formula is C7H13F2NO. The molecule has 0 aliphatic heterocycles. The molecule has 2 nitrogen and oxygen atoms in total. The van der Waals surface area contributed by atoms with Crippen molar-refractivity contribution in [1.82, 2.24) is 5.32 Å². The third kappa shape index (κ3) is 4.70. The summed E-state index contributed by atoms with van der Waals surface area (Å²) < 4.78 is 24.3. The highest BCUT2D eigenvalue weighted by molar-refractivity contribution is 5.82. The first kappa shape index (κ1) is 10.3. The second-order valence-corrected chi connectivity index (χ2v) is 2.99. The van der Waals surface area contributed by atoms with Crippen molar-refractivity contribution in [3.05, 3.63) is 0 Å². The first-order valence-electron chi connectivity index (χ1n) is 3.50. The average Bonchev–Trinajstić information content (AvgIpc) is 1.80. The van der Waals surface area contributed by atoms with Crippen LogP contribution in [0.15, 0.2) is 0 Å². The molecule has 1 N–H and O–H groups in total. The summed E-state index contributed by atoms with van der Waals surface area (Å²) in [5.41, 5.74) is 0. The molecule has 0 aliphatic rings. The van der Waals surface area contributed by atoms with E-state index in [0.29, 0.717) is 13.5 Å². The van der Waals surface area contributed by atoms with Crippen LogP contribution in [0.3, 0.4) is 0 Å². The fourth-order valence-electron chi connectivity index (χ4n) is 0.452. The molecule has 0 radical (unpaired) electrons. The average molecular weight is 165 g/mol. The van der Waals surface area contributed by atoms with Gasteiger partial charge in [0, 0.05) is 13.5 Å². The van der Waals surface area contributed by atoms with Crippen LogP contribution >= 0.6 is 0 Å². The van der Waals surface area contributed by atoms with Crippen LogP contribution in [0.1, 0.15) is 20.8 Å². The number of hydrogen-bond donors (Lipinski definition) is 1. The fraction of sp³-hybridized carbons (Fsp3) is 0.857. The maximum atomic E-state index is 12.2. The number of rotatable bonds is 3. The Labute approximate surface area is 65.0 Å². The minimum atomic E-state index is -3.26. The molecule has 0 aromatic rings. The molecule has 66 valence electrons. The number of carbonyl (C=O) groups is 1. The van der Waals surface area contributed by atoms with Crippen molar-refractivity contribution in [2.24, 2.45) is 5.92 Å². The number of halogens is 2. The van der Waals surface area contributed by atoms with Crippen molar-refractivity contribution in [3.63, 3.8) is 0 Å². The SMILES string of the molecule is CC(C)CNC(=O)C(C)(F)F. The van der Waals surface area contributed by atoms with Crippen LogP contribution in [0.2, 0.25) is 0 Å². The van der Waals surface area contributed by atoms with Crippen LogP contribution in [0, 0.1) is 5.92 Å². The molecule has 0 fully saturated rings. The molecule has 0 saturated carbocycles. The Bertz CT molecular complexity index is 140. The van der Waals surface area contributed by atoms with E-state index in [1.54, 1.807) is 0 Å². The largest absolute Gasteiger partial charge is 0.351 e. The van der Waals surface area contributed by atoms with Gasteiger partial charge in [-0.1, -0.05) is 13.8 Å². The molecule has 0 aliphatic carbocycles. The lowest BCUT2D eigenvalue weighted by atomic mass is 10.2. The highest BCUT2D eigenvalue weighted by Crippen LogP contribution is 2.10. The third-order valence-electron chi connectivity index (χ3n) is 1.07. The highest BCUT2D eigenvalue weighted by Gasteiger charge is 2.31. The molecule has 0 spiro atoms. The van der Waals surface area contributed by atoms with Crippen LogP contribution in [0.4, 0.5) is 8.78 Å². The van der Waals surface area contributed by atoms with Crippen LogP contribution in [-0.4, -0.2) is 18.4 Å². The van der Waals surface area contributed by atoms with E-state index in [9.17, 15) is 13.6 Å². The predicted octanol–water partition coefficient (Wildman–Crippen LogP) is 1.41. The summed E-state index contributed by atoms with van der Waals surface area (Å²) in [6.45, 7) is 4.56. The van der Waals surface area contributed by atoms with Gasteiger partial charge >= 0.3 is 5.92 Å². The number of amides is 1. The van der Waals surface area contributed by atoms with Gasteiger partial charge in [-0.15, -0.1) is 0 Å². The van der Waals surface area contributed by atoms with Crippen LogP contribution in [0.5, 0.6) is 0 Å². The highest BCUT2D eigenvalue weighted by atomic mass is 19.3. The molecule has 0 unspecified atom stereocenters. The summed E-state index contributed by atoms with van der Waals surface area (Å²) in [7, 11) is 0. The molecule has 1 amide bonds. The number of nitrogens with one attached hydrogen (secondary N) is 1. The van der Waals surface area contributed by atoms with Gasteiger partial charge in [-0.25, -0.2) is 0 Å². The lowest BCUT2D eigenvalue weighted by Crippen LogP contribution is -2.39. The molecular weight excluding hydrogens is 152 g/mol. The quantitative estimate of drug-likeness (QED) is 0.673. The monoisotopic (exact) mass is 165 g/mol. The maximum absolute atomic E-state index is 12.2. The van der Waals surface area contributed by atoms with Gasteiger partial charge < -0.3 is 5.32 Å². The van der Waals surface area contributed by atoms with Gasteiger partial charge in [0.25, 0.3) is 5.91 Å². The molecule has 0 heterocycles. The fourth-order valence-corrected chi connectivity index (χ4v) is 0.452. The molecule has 0 aromatic heterocycles. The van der Waals surface area contributed by atoms with E-state index in [2.05, 4.69) is 5.32 Å². The van der Waals surface area contributed by atoms with Gasteiger partial charge in [0.05, 0.1) is 0 Å². The van der Waals surface area contributed by atoms with Gasteiger partial charge in [-0.05, 0) is 5.92 Å². The summed E-state index contributed by atoms with van der Waals surface area (Å²) in [5.74, 6) is -4.26. The summed E-state index contributed by atoms with van der Waals surface area (Å²) in [6.07, 6.45) is 0. The van der Waals surface area contributed by atoms with Gasteiger partial charge in [-0.3, -0.25) is 4.79 Å². The molecule has 0 bridgehead atoms. The van der Waals surface area contributed by atoms with Gasteiger partial charge in [0.1, 0.15) is 0 Å². The maximum Gasteiger partial charge on any atom is 0.321 e. The van der Waals surface area contributed by atoms with Crippen molar-refractivity contribution in [2.45, 2.75) is 26.7 Å². The molecule has 0 rings (SSSR count). The Hall–Kier alpha value is -0.670. The van der Waals surface area contributed by atoms with Gasteiger partial charge in [0.15, 0.2) is 0 Å². The first-order chi connectivity index (χ1) is 4.84. The second-order valence-electron chi connectivity index (χ2n) is 2.99. The van der Waals surface area contributed by atoms with E-state index < -0.39 is 11.8 Å². The summed E-state index contributed by atoms with van der Waals surface area (Å²) >= 11 is 0. The minimum Gasteiger partial charge on any atom is -0.351 e. The lowest BCUT2D eigenvalue weighted by Gasteiger charge is -2.11. The normalized spacial score (nSPS) is 11.8. The van der Waals surface area contributed by atoms with Gasteiger partial charge in [0.2, 0.25) is 0 Å². The lowest BCUT2D eigenvalue weighted by molar-refractivity contribution is -0.143. The summed E-state index contributed by atoms with van der Waals surface area (Å²) in [6, 6.07) is 0. The topological polar surface area (TPSA) is 29.1 Å². The molecule has 4 heteroatoms. The third-order valence-corrected chi connectivity index (χ3v) is 1.07. The first-order valence-corrected chi connectivity index (χ1v) is 3.50. The predicted molar refractivity (Wildman–Crippen MR) is 38.5 cm³/mol. The van der Waals surface area contributed by atoms with Crippen molar-refractivity contribution in [1.29, 1.82) is 0 Å². The van der Waals surface area contributed by atoms with E-state index in [-0.39, 0.29) is 5.92 Å². The van der Waals surface area contributed by atoms with Crippen molar-refractivity contribution < 1.29 is 13.6 Å². The minimum absolute atomic E-state index is 0.196. The van der Waals surface area contributed by atoms with E-state index >= 15 is 0 Å². The molecule has 0 saturated heterocycles. The van der Waals surface area contributed by atoms with Crippen LogP contribution in [-0.2, 0) is 4.79 Å². The zero-order valence-electron chi connectivity index (χ0n) is 6.95. The van der Waals surface area contributed by atoms with E-state index in [4.69, 9.17) is 0 Å². The Kier molecular flexibility index (Phi) is 3.42. The van der Waals surface area contributed by atoms with E-state index in [1.807, 2.05) is 13.8 Å². The van der Waals surface area contributed by atoms with Crippen LogP contribution in [0.25, 0.3) is 0 Å². The summed E-state index contributed by atoms with van der Waals surface area (Å²) in [5, 5.41) is 2.13. The smallest absolute Gasteiger partial charge is 0.321 e. The Morgan fingerprint density at radius 2 is 2.00 bits per heavy atom. The molecule has 0 atom stereocenters. The summed E-state index contributed by atoms with van der Waals surface area (Å²) in [4.78, 5) is 10.5. The van der Waals surface area contributed by atoms with E-state index in [0.717, 1.165) is 0 Å². The van der Waals surface area contributed by atoms with Crippen LogP contribution < -0.4 is 5.32 Å². The van der Waals surface area contributed by atoms with Crippen molar-refractivity contribution in [3.8, 4) is 0 Å². The van der Waals surface area contributed by atoms with E-state index in [1.165, 1.54) is 0 Å². The van der Waals surface area contributed by atoms with Crippen molar-refractivity contribution >= 4 is 5.91 Å². The number of hydrogen-bond acceptors (Lipinski definition) is 1. The Morgan fingerprint density at radius 3 is 2.27 bits per heavy atom. The number of alkyl halides is 2. The second kappa shape index (κ2) is 3.64. The van der Waals surface area contributed by atoms with Gasteiger partial charge in [-0.2, -0.15) is 8.78 Å². The molecule has 11 heavy (non-hydrogen) atoms. The zero-order valence-corrected chi connectivity index (χ0v) is 6.95. The molecule has 0 aromatic carbocycles. The Balaban J connectivity index is 3.71. The zero-order chi connectivity index (χ0) is 9.07.